The topological polar surface area (TPSA) is 103 Å². The van der Waals surface area contributed by atoms with Gasteiger partial charge < -0.3 is 9.57 Å². The second-order valence-electron chi connectivity index (χ2n) is 8.10. The highest BCUT2D eigenvalue weighted by molar-refractivity contribution is 6.14. The maximum absolute atomic E-state index is 13.2. The zero-order valence-electron chi connectivity index (χ0n) is 18.6. The fourth-order valence-electron chi connectivity index (χ4n) is 3.99. The minimum Gasteiger partial charge on any atom is -0.423 e. The molecular weight excluding hydrogens is 448 g/mol. The van der Waals surface area contributed by atoms with Crippen LogP contribution in [0, 0.1) is 0 Å². The van der Waals surface area contributed by atoms with Gasteiger partial charge in [0.1, 0.15) is 5.75 Å². The minimum absolute atomic E-state index is 0.00874. The summed E-state index contributed by atoms with van der Waals surface area (Å²) < 4.78 is 5.67. The Labute approximate surface area is 200 Å². The van der Waals surface area contributed by atoms with Crippen molar-refractivity contribution in [2.45, 2.75) is 25.7 Å². The number of amides is 2. The molecule has 1 aromatic heterocycles. The molecule has 1 aliphatic rings. The second-order valence-corrected chi connectivity index (χ2v) is 8.10. The van der Waals surface area contributed by atoms with Crippen molar-refractivity contribution in [3.63, 3.8) is 0 Å². The molecule has 0 N–H and O–H groups in total. The van der Waals surface area contributed by atoms with Crippen LogP contribution in [0.5, 0.6) is 5.75 Å². The third kappa shape index (κ3) is 4.59. The third-order valence-electron chi connectivity index (χ3n) is 5.74. The highest BCUT2D eigenvalue weighted by Crippen LogP contribution is 2.27. The number of hydrogen-bond donors (Lipinski definition) is 0. The van der Waals surface area contributed by atoms with E-state index in [9.17, 15) is 19.2 Å². The van der Waals surface area contributed by atoms with E-state index in [2.05, 4.69) is 4.98 Å². The zero-order chi connectivity index (χ0) is 24.4. The molecule has 0 saturated carbocycles. The van der Waals surface area contributed by atoms with Gasteiger partial charge in [-0.3, -0.25) is 9.59 Å². The summed E-state index contributed by atoms with van der Waals surface area (Å²) in [6.07, 6.45) is 0.433. The monoisotopic (exact) mass is 468 g/mol. The Hall–Kier alpha value is -4.59. The van der Waals surface area contributed by atoms with Crippen LogP contribution in [0.4, 0.5) is 0 Å². The number of carbonyl (C=O) groups is 4. The highest BCUT2D eigenvalue weighted by atomic mass is 16.7. The van der Waals surface area contributed by atoms with E-state index in [0.29, 0.717) is 44.6 Å². The molecule has 8 nitrogen and oxygen atoms in total. The smallest absolute Gasteiger partial charge is 0.344 e. The van der Waals surface area contributed by atoms with Crippen LogP contribution in [-0.2, 0) is 25.6 Å². The standard InChI is InChI=1S/C27H20N2O6/c30-23-14-15-24(31)29(23)35-25(32)16-11-17-9-12-18(13-10-17)34-27(33)26-19-5-1-3-7-21(19)28-22-8-4-2-6-20(22)26/h1-10,12-13H,11,14-16H2. The van der Waals surface area contributed by atoms with E-state index >= 15 is 0 Å². The third-order valence-corrected chi connectivity index (χ3v) is 5.74. The Morgan fingerprint density at radius 1 is 0.800 bits per heavy atom. The number of hydrogen-bond acceptors (Lipinski definition) is 7. The second kappa shape index (κ2) is 9.34. The number of aryl methyl sites for hydroxylation is 1. The van der Waals surface area contributed by atoms with E-state index in [1.807, 2.05) is 48.5 Å². The van der Waals surface area contributed by atoms with Crippen molar-refractivity contribution in [2.75, 3.05) is 0 Å². The number of ether oxygens (including phenoxy) is 1. The average Bonchev–Trinajstić information content (AvgIpc) is 3.18. The molecule has 1 fully saturated rings. The number of aromatic nitrogens is 1. The predicted octanol–water partition coefficient (Wildman–Crippen LogP) is 4.15. The van der Waals surface area contributed by atoms with Crippen LogP contribution in [0.1, 0.15) is 35.2 Å². The summed E-state index contributed by atoms with van der Waals surface area (Å²) in [6, 6.07) is 21.6. The van der Waals surface area contributed by atoms with Gasteiger partial charge in [-0.1, -0.05) is 48.5 Å². The summed E-state index contributed by atoms with van der Waals surface area (Å²) in [5, 5.41) is 1.96. The maximum Gasteiger partial charge on any atom is 0.344 e. The number of rotatable bonds is 6. The molecule has 5 rings (SSSR count). The molecule has 0 aliphatic carbocycles. The number of nitrogens with zero attached hydrogens (tertiary/aromatic N) is 2. The average molecular weight is 468 g/mol. The lowest BCUT2D eigenvalue weighted by molar-refractivity contribution is -0.197. The molecule has 1 aliphatic heterocycles. The molecule has 0 spiro atoms. The van der Waals surface area contributed by atoms with Gasteiger partial charge in [-0.05, 0) is 36.2 Å². The molecule has 8 heteroatoms. The Morgan fingerprint density at radius 3 is 1.97 bits per heavy atom. The van der Waals surface area contributed by atoms with Gasteiger partial charge >= 0.3 is 11.9 Å². The SMILES string of the molecule is O=C(CCc1ccc(OC(=O)c2c3ccccc3nc3ccccc23)cc1)ON1C(=O)CCC1=O. The number of imide groups is 1. The number of fused-ring (bicyclic) bond motifs is 2. The van der Waals surface area contributed by atoms with Crippen LogP contribution in [0.2, 0.25) is 0 Å². The van der Waals surface area contributed by atoms with E-state index in [-0.39, 0.29) is 19.3 Å². The summed E-state index contributed by atoms with van der Waals surface area (Å²) in [5.74, 6) is -1.82. The number of carbonyl (C=O) groups excluding carboxylic acids is 4. The molecule has 0 bridgehead atoms. The molecule has 2 amide bonds. The van der Waals surface area contributed by atoms with Gasteiger partial charge in [0, 0.05) is 23.6 Å². The van der Waals surface area contributed by atoms with Crippen LogP contribution in [-0.4, -0.2) is 33.8 Å². The van der Waals surface area contributed by atoms with Crippen LogP contribution >= 0.6 is 0 Å². The summed E-state index contributed by atoms with van der Waals surface area (Å²) >= 11 is 0. The van der Waals surface area contributed by atoms with Gasteiger partial charge in [0.2, 0.25) is 0 Å². The van der Waals surface area contributed by atoms with Crippen molar-refractivity contribution >= 4 is 45.6 Å². The van der Waals surface area contributed by atoms with Gasteiger partial charge in [0.25, 0.3) is 11.8 Å². The number of esters is 1. The normalized spacial score (nSPS) is 13.4. The van der Waals surface area contributed by atoms with Crippen molar-refractivity contribution in [1.82, 2.24) is 10.0 Å². The molecule has 0 radical (unpaired) electrons. The lowest BCUT2D eigenvalue weighted by atomic mass is 10.0. The lowest BCUT2D eigenvalue weighted by Gasteiger charge is -2.12. The Bertz CT molecular complexity index is 1410. The molecule has 35 heavy (non-hydrogen) atoms. The first-order valence-electron chi connectivity index (χ1n) is 11.1. The number of pyridine rings is 1. The first-order valence-corrected chi connectivity index (χ1v) is 11.1. The molecule has 0 unspecified atom stereocenters. The van der Waals surface area contributed by atoms with Crippen molar-refractivity contribution in [3.8, 4) is 5.75 Å². The Kier molecular flexibility index (Phi) is 5.93. The van der Waals surface area contributed by atoms with E-state index in [1.54, 1.807) is 24.3 Å². The highest BCUT2D eigenvalue weighted by Gasteiger charge is 2.32. The summed E-state index contributed by atoms with van der Waals surface area (Å²) in [5.41, 5.74) is 2.67. The number of para-hydroxylation sites is 2. The van der Waals surface area contributed by atoms with Gasteiger partial charge in [-0.2, -0.15) is 0 Å². The molecule has 1 saturated heterocycles. The van der Waals surface area contributed by atoms with E-state index in [1.165, 1.54) is 0 Å². The summed E-state index contributed by atoms with van der Waals surface area (Å²) in [4.78, 5) is 57.8. The van der Waals surface area contributed by atoms with Gasteiger partial charge in [-0.25, -0.2) is 14.6 Å². The summed E-state index contributed by atoms with van der Waals surface area (Å²) in [7, 11) is 0. The van der Waals surface area contributed by atoms with E-state index < -0.39 is 23.8 Å². The summed E-state index contributed by atoms with van der Waals surface area (Å²) in [6.45, 7) is 0. The first-order chi connectivity index (χ1) is 17.0. The van der Waals surface area contributed by atoms with Crippen LogP contribution in [0.15, 0.2) is 72.8 Å². The fourth-order valence-corrected chi connectivity index (χ4v) is 3.99. The lowest BCUT2D eigenvalue weighted by Crippen LogP contribution is -2.32. The molecular formula is C27H20N2O6. The largest absolute Gasteiger partial charge is 0.423 e. The Balaban J connectivity index is 1.27. The first kappa shape index (κ1) is 22.2. The number of hydroxylamine groups is 2. The van der Waals surface area contributed by atoms with E-state index in [4.69, 9.17) is 9.57 Å². The number of benzene rings is 3. The van der Waals surface area contributed by atoms with Crippen molar-refractivity contribution < 1.29 is 28.8 Å². The van der Waals surface area contributed by atoms with Gasteiger partial charge in [0.05, 0.1) is 23.0 Å². The Morgan fingerprint density at radius 2 is 1.37 bits per heavy atom. The molecule has 174 valence electrons. The molecule has 2 heterocycles. The quantitative estimate of drug-likeness (QED) is 0.181. The minimum atomic E-state index is -0.666. The van der Waals surface area contributed by atoms with Crippen LogP contribution < -0.4 is 4.74 Å². The van der Waals surface area contributed by atoms with Crippen LogP contribution in [0.3, 0.4) is 0 Å². The van der Waals surface area contributed by atoms with Gasteiger partial charge in [-0.15, -0.1) is 5.06 Å². The van der Waals surface area contributed by atoms with Crippen molar-refractivity contribution in [3.05, 3.63) is 83.9 Å². The molecule has 0 atom stereocenters. The van der Waals surface area contributed by atoms with Gasteiger partial charge in [0.15, 0.2) is 0 Å². The van der Waals surface area contributed by atoms with Crippen LogP contribution in [0.25, 0.3) is 21.8 Å². The van der Waals surface area contributed by atoms with Crippen molar-refractivity contribution in [2.24, 2.45) is 0 Å². The molecule has 4 aromatic rings. The predicted molar refractivity (Wildman–Crippen MR) is 126 cm³/mol. The fraction of sp³-hybridized carbons (Fsp3) is 0.148. The van der Waals surface area contributed by atoms with E-state index in [0.717, 1.165) is 5.56 Å². The van der Waals surface area contributed by atoms with Crippen molar-refractivity contribution in [1.29, 1.82) is 0 Å². The molecule has 3 aromatic carbocycles. The zero-order valence-corrected chi connectivity index (χ0v) is 18.6. The maximum atomic E-state index is 13.2.